The van der Waals surface area contributed by atoms with Crippen LogP contribution in [0.4, 0.5) is 0 Å². The minimum absolute atomic E-state index is 0.0169. The Morgan fingerprint density at radius 3 is 1.47 bits per heavy atom. The first-order valence-electron chi connectivity index (χ1n) is 12.0. The molecular formula is C24H34N2O4. The molecule has 0 aromatic rings. The Kier molecular flexibility index (Phi) is 5.02. The molecule has 164 valence electrons. The predicted molar refractivity (Wildman–Crippen MR) is 110 cm³/mol. The zero-order valence-electron chi connectivity index (χ0n) is 18.2. The van der Waals surface area contributed by atoms with Crippen molar-refractivity contribution in [2.75, 3.05) is 7.05 Å². The fourth-order valence-electron chi connectivity index (χ4n) is 7.32. The van der Waals surface area contributed by atoms with E-state index in [0.29, 0.717) is 12.8 Å². The molecule has 2 aliphatic heterocycles. The number of nitrogens with zero attached hydrogens (tertiary/aromatic N) is 2. The van der Waals surface area contributed by atoms with Crippen LogP contribution in [0.3, 0.4) is 0 Å². The van der Waals surface area contributed by atoms with Crippen molar-refractivity contribution in [3.8, 4) is 0 Å². The first kappa shape index (κ1) is 20.2. The zero-order valence-corrected chi connectivity index (χ0v) is 18.2. The van der Waals surface area contributed by atoms with Crippen molar-refractivity contribution in [3.05, 3.63) is 0 Å². The van der Waals surface area contributed by atoms with Gasteiger partial charge in [0, 0.05) is 13.1 Å². The lowest BCUT2D eigenvalue weighted by molar-refractivity contribution is -0.143. The van der Waals surface area contributed by atoms with Gasteiger partial charge in [0.15, 0.2) is 0 Å². The molecule has 0 radical (unpaired) electrons. The lowest BCUT2D eigenvalue weighted by atomic mass is 9.70. The number of fused-ring (bicyclic) bond motifs is 2. The lowest BCUT2D eigenvalue weighted by Crippen LogP contribution is -2.43. The van der Waals surface area contributed by atoms with Crippen LogP contribution < -0.4 is 0 Å². The van der Waals surface area contributed by atoms with Crippen LogP contribution in [0, 0.1) is 41.4 Å². The lowest BCUT2D eigenvalue weighted by Gasteiger charge is -2.39. The Hall–Kier alpha value is -1.72. The molecule has 4 atom stereocenters. The van der Waals surface area contributed by atoms with E-state index in [1.807, 2.05) is 0 Å². The van der Waals surface area contributed by atoms with Crippen LogP contribution in [0.25, 0.3) is 0 Å². The van der Waals surface area contributed by atoms with Crippen LogP contribution in [0.5, 0.6) is 0 Å². The minimum Gasteiger partial charge on any atom is -0.285 e. The molecule has 0 aromatic heterocycles. The quantitative estimate of drug-likeness (QED) is 0.651. The highest BCUT2D eigenvalue weighted by Gasteiger charge is 2.59. The van der Waals surface area contributed by atoms with Crippen LogP contribution in [0.1, 0.15) is 71.1 Å². The smallest absolute Gasteiger partial charge is 0.233 e. The van der Waals surface area contributed by atoms with Crippen LogP contribution in [-0.4, -0.2) is 46.5 Å². The van der Waals surface area contributed by atoms with E-state index in [1.165, 1.54) is 37.6 Å². The number of amides is 4. The summed E-state index contributed by atoms with van der Waals surface area (Å²) >= 11 is 0. The van der Waals surface area contributed by atoms with Gasteiger partial charge in [0.2, 0.25) is 23.6 Å². The highest BCUT2D eigenvalue weighted by Crippen LogP contribution is 2.49. The van der Waals surface area contributed by atoms with E-state index >= 15 is 0 Å². The van der Waals surface area contributed by atoms with E-state index in [4.69, 9.17) is 0 Å². The van der Waals surface area contributed by atoms with Crippen LogP contribution in [0.2, 0.25) is 0 Å². The van der Waals surface area contributed by atoms with Gasteiger partial charge in [-0.2, -0.15) is 0 Å². The molecule has 3 aliphatic carbocycles. The third-order valence-corrected chi connectivity index (χ3v) is 9.23. The standard InChI is InChI=1S/C24H34N2O4/c1-13-3-5-14(6-4-13)15-7-9-16(10-8-15)26-23(29)19-11-17-18(12-20(19)24(26)30)22(28)25(2)21(17)27/h13-20H,3-12H2,1-2H3. The van der Waals surface area contributed by atoms with Gasteiger partial charge in [0.25, 0.3) is 0 Å². The first-order chi connectivity index (χ1) is 14.4. The molecule has 0 N–H and O–H groups in total. The average molecular weight is 415 g/mol. The summed E-state index contributed by atoms with van der Waals surface area (Å²) in [5.74, 6) is 0.292. The molecule has 2 saturated heterocycles. The molecule has 0 spiro atoms. The van der Waals surface area contributed by atoms with Gasteiger partial charge in [-0.1, -0.05) is 19.8 Å². The normalized spacial score (nSPS) is 44.5. The zero-order chi connectivity index (χ0) is 21.2. The molecule has 6 nitrogen and oxygen atoms in total. The third-order valence-electron chi connectivity index (χ3n) is 9.23. The van der Waals surface area contributed by atoms with Crippen LogP contribution in [-0.2, 0) is 19.2 Å². The van der Waals surface area contributed by atoms with Gasteiger partial charge in [-0.25, -0.2) is 0 Å². The number of hydrogen-bond donors (Lipinski definition) is 0. The number of carbonyl (C=O) groups excluding carboxylic acids is 4. The van der Waals surface area contributed by atoms with E-state index in [2.05, 4.69) is 6.92 Å². The van der Waals surface area contributed by atoms with Crippen molar-refractivity contribution in [2.24, 2.45) is 41.4 Å². The van der Waals surface area contributed by atoms with Crippen LogP contribution >= 0.6 is 0 Å². The third kappa shape index (κ3) is 3.04. The summed E-state index contributed by atoms with van der Waals surface area (Å²) in [7, 11) is 1.51. The summed E-state index contributed by atoms with van der Waals surface area (Å²) in [6, 6.07) is 0.0169. The SMILES string of the molecule is CC1CCC(C2CCC(N3C(=O)C4CC5C(=O)N(C)C(=O)C5CC4C3=O)CC2)CC1. The Morgan fingerprint density at radius 2 is 1.00 bits per heavy atom. The Labute approximate surface area is 178 Å². The van der Waals surface area contributed by atoms with E-state index < -0.39 is 23.7 Å². The molecule has 0 bridgehead atoms. The highest BCUT2D eigenvalue weighted by molar-refractivity contribution is 6.09. The first-order valence-corrected chi connectivity index (χ1v) is 12.0. The maximum atomic E-state index is 13.2. The van der Waals surface area contributed by atoms with Crippen molar-refractivity contribution in [3.63, 3.8) is 0 Å². The van der Waals surface area contributed by atoms with E-state index in [-0.39, 0.29) is 29.7 Å². The van der Waals surface area contributed by atoms with E-state index in [9.17, 15) is 19.2 Å². The number of carbonyl (C=O) groups is 4. The van der Waals surface area contributed by atoms with Gasteiger partial charge in [-0.15, -0.1) is 0 Å². The molecular weight excluding hydrogens is 380 g/mol. The van der Waals surface area contributed by atoms with Crippen molar-refractivity contribution in [2.45, 2.75) is 77.2 Å². The molecule has 5 aliphatic rings. The van der Waals surface area contributed by atoms with Gasteiger partial charge >= 0.3 is 0 Å². The van der Waals surface area contributed by atoms with Crippen molar-refractivity contribution in [1.82, 2.24) is 9.80 Å². The second-order valence-corrected chi connectivity index (χ2v) is 10.8. The molecule has 5 rings (SSSR count). The molecule has 5 fully saturated rings. The van der Waals surface area contributed by atoms with Gasteiger partial charge in [-0.05, 0) is 69.1 Å². The molecule has 0 aromatic carbocycles. The van der Waals surface area contributed by atoms with E-state index in [1.54, 1.807) is 4.90 Å². The largest absolute Gasteiger partial charge is 0.285 e. The minimum atomic E-state index is -0.412. The topological polar surface area (TPSA) is 74.8 Å². The van der Waals surface area contributed by atoms with Crippen molar-refractivity contribution >= 4 is 23.6 Å². The van der Waals surface area contributed by atoms with Gasteiger partial charge in [0.05, 0.1) is 23.7 Å². The molecule has 4 amide bonds. The fraction of sp³-hybridized carbons (Fsp3) is 0.833. The molecule has 4 unspecified atom stereocenters. The summed E-state index contributed by atoms with van der Waals surface area (Å²) in [5.41, 5.74) is 0. The molecule has 3 saturated carbocycles. The molecule has 6 heteroatoms. The van der Waals surface area contributed by atoms with Crippen molar-refractivity contribution < 1.29 is 19.2 Å². The Balaban J connectivity index is 1.24. The van der Waals surface area contributed by atoms with Crippen LogP contribution in [0.15, 0.2) is 0 Å². The number of likely N-dealkylation sites (tertiary alicyclic amines) is 2. The van der Waals surface area contributed by atoms with E-state index in [0.717, 1.165) is 43.4 Å². The fourth-order valence-corrected chi connectivity index (χ4v) is 7.32. The second-order valence-electron chi connectivity index (χ2n) is 10.8. The van der Waals surface area contributed by atoms with Crippen molar-refractivity contribution in [1.29, 1.82) is 0 Å². The van der Waals surface area contributed by atoms with Gasteiger partial charge < -0.3 is 0 Å². The predicted octanol–water partition coefficient (Wildman–Crippen LogP) is 3.00. The van der Waals surface area contributed by atoms with Gasteiger partial charge in [-0.3, -0.25) is 29.0 Å². The summed E-state index contributed by atoms with van der Waals surface area (Å²) in [4.78, 5) is 54.0. The monoisotopic (exact) mass is 414 g/mol. The Morgan fingerprint density at radius 1 is 0.600 bits per heavy atom. The summed E-state index contributed by atoms with van der Waals surface area (Å²) in [5, 5.41) is 0. The Bertz CT molecular complexity index is 721. The molecule has 2 heterocycles. The number of hydrogen-bond acceptors (Lipinski definition) is 4. The maximum Gasteiger partial charge on any atom is 0.233 e. The summed E-state index contributed by atoms with van der Waals surface area (Å²) in [6.07, 6.45) is 10.1. The summed E-state index contributed by atoms with van der Waals surface area (Å²) in [6.45, 7) is 2.35. The summed E-state index contributed by atoms with van der Waals surface area (Å²) < 4.78 is 0. The number of imide groups is 2. The number of rotatable bonds is 2. The van der Waals surface area contributed by atoms with Gasteiger partial charge in [0.1, 0.15) is 0 Å². The average Bonchev–Trinajstić information content (AvgIpc) is 3.13. The second kappa shape index (κ2) is 7.45. The maximum absolute atomic E-state index is 13.2. The molecule has 30 heavy (non-hydrogen) atoms. The highest BCUT2D eigenvalue weighted by atomic mass is 16.2.